The van der Waals surface area contributed by atoms with Gasteiger partial charge < -0.3 is 20.4 Å². The number of H-pyrrole nitrogens is 1. The van der Waals surface area contributed by atoms with Crippen molar-refractivity contribution in [3.05, 3.63) is 54.2 Å². The Morgan fingerprint density at radius 3 is 2.53 bits per heavy atom. The van der Waals surface area contributed by atoms with Gasteiger partial charge in [-0.05, 0) is 61.0 Å². The smallest absolute Gasteiger partial charge is 0.229 e. The predicted octanol–water partition coefficient (Wildman–Crippen LogP) is 2.24. The van der Waals surface area contributed by atoms with Crippen molar-refractivity contribution in [1.29, 1.82) is 0 Å². The zero-order valence-electron chi connectivity index (χ0n) is 18.4. The van der Waals surface area contributed by atoms with Crippen LogP contribution in [0.25, 0.3) is 10.9 Å². The summed E-state index contributed by atoms with van der Waals surface area (Å²) in [6.07, 6.45) is 4.03. The molecule has 32 heavy (non-hydrogen) atoms. The van der Waals surface area contributed by atoms with Gasteiger partial charge in [-0.1, -0.05) is 0 Å². The van der Waals surface area contributed by atoms with Crippen molar-refractivity contribution in [3.8, 4) is 5.75 Å². The van der Waals surface area contributed by atoms with E-state index in [4.69, 9.17) is 10.5 Å². The predicted molar refractivity (Wildman–Crippen MR) is 130 cm³/mol. The van der Waals surface area contributed by atoms with Crippen LogP contribution in [-0.4, -0.2) is 70.4 Å². The molecule has 0 spiro atoms. The van der Waals surface area contributed by atoms with E-state index in [2.05, 4.69) is 31.6 Å². The highest BCUT2D eigenvalue weighted by Crippen LogP contribution is 2.24. The Labute approximate surface area is 189 Å². The minimum Gasteiger partial charge on any atom is -0.492 e. The van der Waals surface area contributed by atoms with Crippen LogP contribution in [0.1, 0.15) is 5.56 Å². The third-order valence-electron chi connectivity index (χ3n) is 5.74. The number of benzene rings is 2. The zero-order chi connectivity index (χ0) is 22.6. The molecule has 0 unspecified atom stereocenters. The van der Waals surface area contributed by atoms with Crippen LogP contribution in [-0.2, 0) is 16.4 Å². The van der Waals surface area contributed by atoms with Crippen LogP contribution in [0.15, 0.2) is 48.7 Å². The third-order valence-corrected chi connectivity index (χ3v) is 6.34. The first kappa shape index (κ1) is 22.4. The molecule has 0 bridgehead atoms. The van der Waals surface area contributed by atoms with E-state index in [0.717, 1.165) is 62.4 Å². The Bertz CT molecular complexity index is 1140. The molecule has 0 aliphatic carbocycles. The molecule has 1 aromatic heterocycles. The second-order valence-corrected chi connectivity index (χ2v) is 9.91. The molecule has 0 saturated carbocycles. The van der Waals surface area contributed by atoms with Crippen LogP contribution in [0.2, 0.25) is 0 Å². The van der Waals surface area contributed by atoms with Gasteiger partial charge in [0.1, 0.15) is 12.4 Å². The van der Waals surface area contributed by atoms with E-state index in [-0.39, 0.29) is 0 Å². The maximum Gasteiger partial charge on any atom is 0.229 e. The van der Waals surface area contributed by atoms with Gasteiger partial charge in [0, 0.05) is 61.2 Å². The average molecular weight is 458 g/mol. The first-order chi connectivity index (χ1) is 15.4. The molecule has 4 N–H and O–H groups in total. The Hall–Kier alpha value is -2.75. The van der Waals surface area contributed by atoms with Crippen LogP contribution in [0.3, 0.4) is 0 Å². The standard InChI is InChI=1S/C23H31N5O3S/c1-32(29,30)26-19-2-4-20(5-3-19)28-12-10-27(11-13-28)14-15-31-21-6-7-23-22(16-21)18(8-9-24)17-25-23/h2-7,16-17,25-26H,8-15,24H2,1H3. The van der Waals surface area contributed by atoms with Gasteiger partial charge >= 0.3 is 0 Å². The number of ether oxygens (including phenoxy) is 1. The number of aromatic amines is 1. The Kier molecular flexibility index (Phi) is 6.88. The molecule has 3 aromatic rings. The van der Waals surface area contributed by atoms with Crippen LogP contribution in [0.5, 0.6) is 5.75 Å². The molecule has 0 amide bonds. The Morgan fingerprint density at radius 1 is 1.09 bits per heavy atom. The lowest BCUT2D eigenvalue weighted by atomic mass is 10.1. The second kappa shape index (κ2) is 9.81. The highest BCUT2D eigenvalue weighted by Gasteiger charge is 2.17. The summed E-state index contributed by atoms with van der Waals surface area (Å²) in [4.78, 5) is 8.01. The summed E-state index contributed by atoms with van der Waals surface area (Å²) in [7, 11) is -3.25. The molecule has 1 aliphatic heterocycles. The van der Waals surface area contributed by atoms with Crippen LogP contribution in [0.4, 0.5) is 11.4 Å². The third kappa shape index (κ3) is 5.73. The van der Waals surface area contributed by atoms with Crippen molar-refractivity contribution in [2.45, 2.75) is 6.42 Å². The molecular formula is C23H31N5O3S. The summed E-state index contributed by atoms with van der Waals surface area (Å²) in [5.41, 5.74) is 9.73. The van der Waals surface area contributed by atoms with Crippen LogP contribution < -0.4 is 20.1 Å². The topological polar surface area (TPSA) is 104 Å². The van der Waals surface area contributed by atoms with Crippen molar-refractivity contribution in [1.82, 2.24) is 9.88 Å². The number of aromatic nitrogens is 1. The molecule has 2 heterocycles. The maximum absolute atomic E-state index is 11.3. The lowest BCUT2D eigenvalue weighted by molar-refractivity contribution is 0.200. The van der Waals surface area contributed by atoms with E-state index < -0.39 is 10.0 Å². The van der Waals surface area contributed by atoms with Crippen LogP contribution in [0, 0.1) is 0 Å². The SMILES string of the molecule is CS(=O)(=O)Nc1ccc(N2CCN(CCOc3ccc4[nH]cc(CCN)c4c3)CC2)cc1. The van der Waals surface area contributed by atoms with Gasteiger partial charge in [0.25, 0.3) is 0 Å². The largest absolute Gasteiger partial charge is 0.492 e. The molecule has 1 aliphatic rings. The van der Waals surface area contributed by atoms with Crippen molar-refractivity contribution < 1.29 is 13.2 Å². The fourth-order valence-electron chi connectivity index (χ4n) is 4.09. The molecule has 4 rings (SSSR count). The number of hydrogen-bond acceptors (Lipinski definition) is 6. The molecule has 172 valence electrons. The number of hydrogen-bond donors (Lipinski definition) is 3. The van der Waals surface area contributed by atoms with E-state index in [1.54, 1.807) is 12.1 Å². The zero-order valence-corrected chi connectivity index (χ0v) is 19.2. The van der Waals surface area contributed by atoms with Crippen molar-refractivity contribution in [3.63, 3.8) is 0 Å². The van der Waals surface area contributed by atoms with E-state index in [1.165, 1.54) is 10.9 Å². The van der Waals surface area contributed by atoms with Crippen molar-refractivity contribution in [2.24, 2.45) is 5.73 Å². The molecule has 8 nitrogen and oxygen atoms in total. The molecule has 1 saturated heterocycles. The number of nitrogens with one attached hydrogen (secondary N) is 2. The van der Waals surface area contributed by atoms with Gasteiger partial charge in [-0.3, -0.25) is 9.62 Å². The van der Waals surface area contributed by atoms with Gasteiger partial charge in [-0.25, -0.2) is 8.42 Å². The average Bonchev–Trinajstić information content (AvgIpc) is 3.16. The van der Waals surface area contributed by atoms with Crippen molar-refractivity contribution >= 4 is 32.3 Å². The number of sulfonamides is 1. The first-order valence-electron chi connectivity index (χ1n) is 10.9. The van der Waals surface area contributed by atoms with Crippen LogP contribution >= 0.6 is 0 Å². The summed E-state index contributed by atoms with van der Waals surface area (Å²) in [6, 6.07) is 13.7. The van der Waals surface area contributed by atoms with E-state index in [9.17, 15) is 8.42 Å². The Balaban J connectivity index is 1.24. The monoisotopic (exact) mass is 457 g/mol. The van der Waals surface area contributed by atoms with Gasteiger partial charge in [-0.2, -0.15) is 0 Å². The molecule has 0 atom stereocenters. The summed E-state index contributed by atoms with van der Waals surface area (Å²) < 4.78 is 31.2. The lowest BCUT2D eigenvalue weighted by Gasteiger charge is -2.36. The summed E-state index contributed by atoms with van der Waals surface area (Å²) in [5, 5.41) is 1.18. The molecule has 9 heteroatoms. The van der Waals surface area contributed by atoms with Crippen molar-refractivity contribution in [2.75, 3.05) is 61.8 Å². The minimum atomic E-state index is -3.25. The molecular weight excluding hydrogens is 426 g/mol. The fourth-order valence-corrected chi connectivity index (χ4v) is 4.65. The molecule has 2 aromatic carbocycles. The fraction of sp³-hybridized carbons (Fsp3) is 0.391. The van der Waals surface area contributed by atoms with Gasteiger partial charge in [-0.15, -0.1) is 0 Å². The van der Waals surface area contributed by atoms with E-state index in [1.807, 2.05) is 24.4 Å². The number of nitrogens with zero attached hydrogens (tertiary/aromatic N) is 2. The number of fused-ring (bicyclic) bond motifs is 1. The minimum absolute atomic E-state index is 0.583. The lowest BCUT2D eigenvalue weighted by Crippen LogP contribution is -2.47. The first-order valence-corrected chi connectivity index (χ1v) is 12.8. The van der Waals surface area contributed by atoms with E-state index in [0.29, 0.717) is 18.8 Å². The summed E-state index contributed by atoms with van der Waals surface area (Å²) in [6.45, 7) is 5.94. The summed E-state index contributed by atoms with van der Waals surface area (Å²) >= 11 is 0. The molecule has 0 radical (unpaired) electrons. The van der Waals surface area contributed by atoms with Gasteiger partial charge in [0.05, 0.1) is 6.26 Å². The van der Waals surface area contributed by atoms with E-state index >= 15 is 0 Å². The van der Waals surface area contributed by atoms with Gasteiger partial charge in [0.2, 0.25) is 10.0 Å². The number of nitrogens with two attached hydrogens (primary N) is 1. The Morgan fingerprint density at radius 2 is 1.84 bits per heavy atom. The highest BCUT2D eigenvalue weighted by molar-refractivity contribution is 7.92. The number of anilines is 2. The highest BCUT2D eigenvalue weighted by atomic mass is 32.2. The summed E-state index contributed by atoms with van der Waals surface area (Å²) in [5.74, 6) is 0.886. The number of rotatable bonds is 9. The maximum atomic E-state index is 11.3. The second-order valence-electron chi connectivity index (χ2n) is 8.16. The molecule has 1 fully saturated rings. The quantitative estimate of drug-likeness (QED) is 0.455. The number of piperazine rings is 1. The van der Waals surface area contributed by atoms with Gasteiger partial charge in [0.15, 0.2) is 0 Å². The normalized spacial score (nSPS) is 15.2.